The number of para-hydroxylation sites is 1. The molecule has 2 unspecified atom stereocenters. The second-order valence-corrected chi connectivity index (χ2v) is 4.89. The van der Waals surface area contributed by atoms with E-state index >= 15 is 0 Å². The first kappa shape index (κ1) is 15.1. The van der Waals surface area contributed by atoms with E-state index in [0.717, 1.165) is 17.1 Å². The number of aliphatic hydroxyl groups excluding tert-OH is 1. The molecule has 0 bridgehead atoms. The van der Waals surface area contributed by atoms with Crippen LogP contribution >= 0.6 is 0 Å². The predicted molar refractivity (Wildman–Crippen MR) is 81.2 cm³/mol. The van der Waals surface area contributed by atoms with Gasteiger partial charge in [0.15, 0.2) is 0 Å². The molecule has 2 atom stereocenters. The summed E-state index contributed by atoms with van der Waals surface area (Å²) in [5.74, 6) is 1.13. The number of carbonyl (C=O) groups excluding carboxylic acids is 1. The second-order valence-electron chi connectivity index (χ2n) is 4.89. The molecule has 110 valence electrons. The lowest BCUT2D eigenvalue weighted by atomic mass is 10.1. The minimum atomic E-state index is -1.01. The molecule has 0 aliphatic carbocycles. The van der Waals surface area contributed by atoms with Crippen LogP contribution in [0.1, 0.15) is 25.5 Å². The second kappa shape index (κ2) is 6.90. The van der Waals surface area contributed by atoms with Crippen LogP contribution in [-0.2, 0) is 4.79 Å². The molecule has 0 saturated carbocycles. The summed E-state index contributed by atoms with van der Waals surface area (Å²) in [5.41, 5.74) is 0.949. The SMILES string of the molecule is CC(O)C(=O)NC(C)c1ccc(Oc2ccccc2)cc1. The first-order chi connectivity index (χ1) is 10.1. The lowest BCUT2D eigenvalue weighted by Crippen LogP contribution is -2.34. The Morgan fingerprint density at radius 1 is 1.00 bits per heavy atom. The molecule has 2 rings (SSSR count). The Morgan fingerprint density at radius 2 is 1.57 bits per heavy atom. The minimum Gasteiger partial charge on any atom is -0.457 e. The van der Waals surface area contributed by atoms with E-state index in [1.165, 1.54) is 6.92 Å². The lowest BCUT2D eigenvalue weighted by molar-refractivity contribution is -0.129. The molecule has 2 N–H and O–H groups in total. The summed E-state index contributed by atoms with van der Waals surface area (Å²) in [6, 6.07) is 16.9. The summed E-state index contributed by atoms with van der Waals surface area (Å²) in [4.78, 5) is 11.4. The Morgan fingerprint density at radius 3 is 2.14 bits per heavy atom. The van der Waals surface area contributed by atoms with Crippen molar-refractivity contribution in [3.63, 3.8) is 0 Å². The largest absolute Gasteiger partial charge is 0.457 e. The van der Waals surface area contributed by atoms with Gasteiger partial charge in [0.05, 0.1) is 6.04 Å². The van der Waals surface area contributed by atoms with Gasteiger partial charge in [0, 0.05) is 0 Å². The smallest absolute Gasteiger partial charge is 0.249 e. The Bertz CT molecular complexity index is 579. The zero-order chi connectivity index (χ0) is 15.2. The van der Waals surface area contributed by atoms with Crippen LogP contribution in [0.4, 0.5) is 0 Å². The molecule has 4 heteroatoms. The number of benzene rings is 2. The number of carbonyl (C=O) groups is 1. The molecule has 0 aliphatic rings. The van der Waals surface area contributed by atoms with E-state index < -0.39 is 6.10 Å². The molecule has 0 aliphatic heterocycles. The normalized spacial score (nSPS) is 13.3. The van der Waals surface area contributed by atoms with Crippen molar-refractivity contribution < 1.29 is 14.6 Å². The van der Waals surface area contributed by atoms with E-state index in [2.05, 4.69) is 5.32 Å². The van der Waals surface area contributed by atoms with Crippen LogP contribution in [0.15, 0.2) is 54.6 Å². The molecule has 2 aromatic carbocycles. The van der Waals surface area contributed by atoms with Crippen molar-refractivity contribution in [1.82, 2.24) is 5.32 Å². The van der Waals surface area contributed by atoms with Crippen LogP contribution in [0.2, 0.25) is 0 Å². The minimum absolute atomic E-state index is 0.169. The number of nitrogens with one attached hydrogen (secondary N) is 1. The van der Waals surface area contributed by atoms with Crippen LogP contribution < -0.4 is 10.1 Å². The van der Waals surface area contributed by atoms with Crippen LogP contribution in [-0.4, -0.2) is 17.1 Å². The van der Waals surface area contributed by atoms with Gasteiger partial charge in [0.25, 0.3) is 0 Å². The first-order valence-corrected chi connectivity index (χ1v) is 6.87. The van der Waals surface area contributed by atoms with Crippen molar-refractivity contribution in [2.75, 3.05) is 0 Å². The van der Waals surface area contributed by atoms with E-state index in [-0.39, 0.29) is 11.9 Å². The topological polar surface area (TPSA) is 58.6 Å². The van der Waals surface area contributed by atoms with E-state index in [4.69, 9.17) is 4.74 Å². The molecular weight excluding hydrogens is 266 g/mol. The zero-order valence-corrected chi connectivity index (χ0v) is 12.1. The maximum Gasteiger partial charge on any atom is 0.249 e. The third-order valence-corrected chi connectivity index (χ3v) is 3.10. The summed E-state index contributed by atoms with van der Waals surface area (Å²) in [6.07, 6.45) is -1.01. The van der Waals surface area contributed by atoms with E-state index in [1.807, 2.05) is 61.5 Å². The van der Waals surface area contributed by atoms with Gasteiger partial charge in [0.1, 0.15) is 17.6 Å². The number of ether oxygens (including phenoxy) is 1. The van der Waals surface area contributed by atoms with Crippen LogP contribution in [0, 0.1) is 0 Å². The number of hydrogen-bond donors (Lipinski definition) is 2. The molecule has 21 heavy (non-hydrogen) atoms. The summed E-state index contributed by atoms with van der Waals surface area (Å²) in [6.45, 7) is 3.31. The van der Waals surface area contributed by atoms with Gasteiger partial charge in [-0.1, -0.05) is 30.3 Å². The van der Waals surface area contributed by atoms with Crippen LogP contribution in [0.3, 0.4) is 0 Å². The van der Waals surface area contributed by atoms with Crippen molar-refractivity contribution in [3.05, 3.63) is 60.2 Å². The fourth-order valence-corrected chi connectivity index (χ4v) is 1.87. The predicted octanol–water partition coefficient (Wildman–Crippen LogP) is 3.04. The molecule has 2 aromatic rings. The maximum atomic E-state index is 11.4. The lowest BCUT2D eigenvalue weighted by Gasteiger charge is -2.16. The molecule has 0 saturated heterocycles. The number of rotatable bonds is 5. The highest BCUT2D eigenvalue weighted by atomic mass is 16.5. The fourth-order valence-electron chi connectivity index (χ4n) is 1.87. The molecule has 0 fully saturated rings. The standard InChI is InChI=1S/C17H19NO3/c1-12(18-17(20)13(2)19)14-8-10-16(11-9-14)21-15-6-4-3-5-7-15/h3-13,19H,1-2H3,(H,18,20). The van der Waals surface area contributed by atoms with Crippen molar-refractivity contribution in [1.29, 1.82) is 0 Å². The Labute approximate surface area is 124 Å². The van der Waals surface area contributed by atoms with Crippen molar-refractivity contribution >= 4 is 5.91 Å². The highest BCUT2D eigenvalue weighted by Gasteiger charge is 2.13. The van der Waals surface area contributed by atoms with Gasteiger partial charge in [-0.05, 0) is 43.7 Å². The molecule has 0 spiro atoms. The summed E-state index contributed by atoms with van der Waals surface area (Å²) >= 11 is 0. The third kappa shape index (κ3) is 4.33. The summed E-state index contributed by atoms with van der Waals surface area (Å²) < 4.78 is 5.71. The van der Waals surface area contributed by atoms with Gasteiger partial charge in [-0.3, -0.25) is 4.79 Å². The third-order valence-electron chi connectivity index (χ3n) is 3.10. The van der Waals surface area contributed by atoms with Gasteiger partial charge in [-0.2, -0.15) is 0 Å². The fraction of sp³-hybridized carbons (Fsp3) is 0.235. The average Bonchev–Trinajstić information content (AvgIpc) is 2.48. The van der Waals surface area contributed by atoms with Crippen molar-refractivity contribution in [3.8, 4) is 11.5 Å². The van der Waals surface area contributed by atoms with E-state index in [1.54, 1.807) is 0 Å². The molecule has 0 radical (unpaired) electrons. The number of aliphatic hydroxyl groups is 1. The van der Waals surface area contributed by atoms with Crippen LogP contribution in [0.25, 0.3) is 0 Å². The highest BCUT2D eigenvalue weighted by Crippen LogP contribution is 2.23. The quantitative estimate of drug-likeness (QED) is 0.887. The maximum absolute atomic E-state index is 11.4. The molecule has 0 heterocycles. The van der Waals surface area contributed by atoms with Gasteiger partial charge in [0.2, 0.25) is 5.91 Å². The first-order valence-electron chi connectivity index (χ1n) is 6.87. The zero-order valence-electron chi connectivity index (χ0n) is 12.1. The van der Waals surface area contributed by atoms with Gasteiger partial charge in [-0.15, -0.1) is 0 Å². The molecular formula is C17H19NO3. The van der Waals surface area contributed by atoms with Crippen LogP contribution in [0.5, 0.6) is 11.5 Å². The van der Waals surface area contributed by atoms with Gasteiger partial charge < -0.3 is 15.2 Å². The average molecular weight is 285 g/mol. The van der Waals surface area contributed by atoms with Crippen molar-refractivity contribution in [2.45, 2.75) is 26.0 Å². The molecule has 0 aromatic heterocycles. The Hall–Kier alpha value is -2.33. The number of amides is 1. The Kier molecular flexibility index (Phi) is 4.95. The highest BCUT2D eigenvalue weighted by molar-refractivity contribution is 5.80. The molecule has 4 nitrogen and oxygen atoms in total. The van der Waals surface area contributed by atoms with Gasteiger partial charge >= 0.3 is 0 Å². The van der Waals surface area contributed by atoms with E-state index in [9.17, 15) is 9.90 Å². The molecule has 1 amide bonds. The Balaban J connectivity index is 2.00. The number of hydrogen-bond acceptors (Lipinski definition) is 3. The monoisotopic (exact) mass is 285 g/mol. The van der Waals surface area contributed by atoms with Gasteiger partial charge in [-0.25, -0.2) is 0 Å². The van der Waals surface area contributed by atoms with Crippen molar-refractivity contribution in [2.24, 2.45) is 0 Å². The summed E-state index contributed by atoms with van der Waals surface area (Å²) in [7, 11) is 0. The summed E-state index contributed by atoms with van der Waals surface area (Å²) in [5, 5.41) is 11.9. The van der Waals surface area contributed by atoms with E-state index in [0.29, 0.717) is 0 Å².